The molecule has 0 bridgehead atoms. The number of aromatic nitrogens is 2. The van der Waals surface area contributed by atoms with E-state index in [2.05, 4.69) is 15.3 Å². The Balaban J connectivity index is 0.00000115. The van der Waals surface area contributed by atoms with Crippen LogP contribution in [0.4, 0.5) is 5.69 Å². The van der Waals surface area contributed by atoms with Crippen molar-refractivity contribution in [1.82, 2.24) is 14.9 Å². The zero-order valence-corrected chi connectivity index (χ0v) is 19.9. The number of carboxylic acid groups (broad SMARTS) is 2. The average Bonchev–Trinajstić information content (AvgIpc) is 3.37. The number of aryl methyl sites for hydroxylation is 1. The van der Waals surface area contributed by atoms with Gasteiger partial charge in [-0.15, -0.1) is 0 Å². The third-order valence-electron chi connectivity index (χ3n) is 5.13. The van der Waals surface area contributed by atoms with Gasteiger partial charge in [0.25, 0.3) is 6.47 Å². The number of hydrogen-bond donors (Lipinski definition) is 4. The molecule has 4 N–H and O–H groups in total. The van der Waals surface area contributed by atoms with Gasteiger partial charge in [0.1, 0.15) is 18.0 Å². The monoisotopic (exact) mass is 494 g/mol. The van der Waals surface area contributed by atoms with Gasteiger partial charge in [-0.05, 0) is 63.0 Å². The van der Waals surface area contributed by atoms with Crippen molar-refractivity contribution in [2.45, 2.75) is 6.92 Å². The molecule has 0 spiro atoms. The highest BCUT2D eigenvalue weighted by atomic mass is 16.5. The number of ketones is 1. The molecule has 188 valence electrons. The lowest BCUT2D eigenvalue weighted by molar-refractivity contribution is -0.134. The number of nitrogens with one attached hydrogen (secondary N) is 2. The number of pyridine rings is 1. The van der Waals surface area contributed by atoms with E-state index in [4.69, 9.17) is 19.4 Å². The Morgan fingerprint density at radius 1 is 1.31 bits per heavy atom. The van der Waals surface area contributed by atoms with E-state index in [0.717, 1.165) is 17.5 Å². The molecule has 0 saturated carbocycles. The lowest BCUT2D eigenvalue weighted by atomic mass is 10.1. The van der Waals surface area contributed by atoms with Crippen molar-refractivity contribution in [1.29, 1.82) is 0 Å². The summed E-state index contributed by atoms with van der Waals surface area (Å²) in [5.74, 6) is -1.58. The Hall–Kier alpha value is -4.64. The SMILES string of the molecule is Cc1cc(OCCN(C)C)ccc1NC1=C(C(=O)O)C(=O)C(=Cc2c[nH]c3ncccc23)O1.O=CO. The van der Waals surface area contributed by atoms with Crippen LogP contribution in [0.25, 0.3) is 17.1 Å². The molecule has 4 rings (SSSR count). The summed E-state index contributed by atoms with van der Waals surface area (Å²) in [5.41, 5.74) is 2.29. The number of carbonyl (C=O) groups excluding carboxylic acids is 1. The minimum atomic E-state index is -1.37. The number of carbonyl (C=O) groups is 3. The minimum absolute atomic E-state index is 0.0825. The van der Waals surface area contributed by atoms with Gasteiger partial charge in [-0.1, -0.05) is 0 Å². The standard InChI is InChI=1S/C24H24N4O5.CH2O2/c1-14-11-16(32-10-9-28(2)3)6-7-18(14)27-23-20(24(30)31)21(29)19(33-23)12-15-13-26-22-17(15)5-4-8-25-22;2-1-3/h4-8,11-13,27H,9-10H2,1-3H3,(H,25,26)(H,30,31);1H,(H,2,3). The van der Waals surface area contributed by atoms with Gasteiger partial charge in [0.05, 0.1) is 0 Å². The van der Waals surface area contributed by atoms with Gasteiger partial charge >= 0.3 is 5.97 Å². The number of rotatable bonds is 8. The van der Waals surface area contributed by atoms with Crippen molar-refractivity contribution in [3.05, 3.63) is 71.1 Å². The van der Waals surface area contributed by atoms with Gasteiger partial charge in [-0.2, -0.15) is 0 Å². The summed E-state index contributed by atoms with van der Waals surface area (Å²) in [7, 11) is 3.94. The molecule has 0 saturated heterocycles. The van der Waals surface area contributed by atoms with Crippen molar-refractivity contribution in [3.8, 4) is 5.75 Å². The summed E-state index contributed by atoms with van der Waals surface area (Å²) in [4.78, 5) is 42.2. The van der Waals surface area contributed by atoms with E-state index in [1.807, 2.05) is 38.1 Å². The number of ether oxygens (including phenoxy) is 2. The smallest absolute Gasteiger partial charge is 0.345 e. The van der Waals surface area contributed by atoms with Crippen molar-refractivity contribution < 1.29 is 34.1 Å². The minimum Gasteiger partial charge on any atom is -0.492 e. The van der Waals surface area contributed by atoms with E-state index >= 15 is 0 Å². The third-order valence-corrected chi connectivity index (χ3v) is 5.13. The van der Waals surface area contributed by atoms with Crippen LogP contribution in [0.1, 0.15) is 11.1 Å². The van der Waals surface area contributed by atoms with Gasteiger partial charge in [0.2, 0.25) is 11.7 Å². The number of carboxylic acids is 1. The van der Waals surface area contributed by atoms with Crippen LogP contribution in [-0.2, 0) is 19.1 Å². The lowest BCUT2D eigenvalue weighted by Gasteiger charge is -2.14. The summed E-state index contributed by atoms with van der Waals surface area (Å²) in [6.07, 6.45) is 4.85. The molecule has 1 aliphatic heterocycles. The van der Waals surface area contributed by atoms with Crippen LogP contribution in [0.2, 0.25) is 0 Å². The molecule has 3 heterocycles. The molecule has 0 atom stereocenters. The average molecular weight is 495 g/mol. The maximum atomic E-state index is 12.8. The molecule has 1 aliphatic rings. The fourth-order valence-electron chi connectivity index (χ4n) is 3.38. The molecule has 0 amide bonds. The molecule has 36 heavy (non-hydrogen) atoms. The fourth-order valence-corrected chi connectivity index (χ4v) is 3.38. The maximum absolute atomic E-state index is 12.8. The van der Waals surface area contributed by atoms with E-state index in [-0.39, 0.29) is 18.1 Å². The number of hydrogen-bond acceptors (Lipinski definition) is 8. The van der Waals surface area contributed by atoms with Crippen LogP contribution in [0.5, 0.6) is 5.75 Å². The molecule has 0 radical (unpaired) electrons. The molecular weight excluding hydrogens is 468 g/mol. The Kier molecular flexibility index (Phi) is 8.42. The molecule has 2 aromatic heterocycles. The lowest BCUT2D eigenvalue weighted by Crippen LogP contribution is -2.19. The van der Waals surface area contributed by atoms with Crippen LogP contribution in [0.15, 0.2) is 59.9 Å². The van der Waals surface area contributed by atoms with E-state index < -0.39 is 17.3 Å². The van der Waals surface area contributed by atoms with Crippen LogP contribution in [0, 0.1) is 6.92 Å². The number of allylic oxidation sites excluding steroid dienone is 1. The number of anilines is 1. The molecule has 3 aromatic rings. The summed E-state index contributed by atoms with van der Waals surface area (Å²) in [5, 5.41) is 20.3. The number of aromatic amines is 1. The number of likely N-dealkylation sites (N-methyl/N-ethyl adjacent to an activating group) is 1. The second kappa shape index (κ2) is 11.7. The van der Waals surface area contributed by atoms with Gasteiger partial charge in [-0.25, -0.2) is 9.78 Å². The number of nitrogens with zero attached hydrogens (tertiary/aromatic N) is 2. The first-order valence-electron chi connectivity index (χ1n) is 10.8. The Morgan fingerprint density at radius 2 is 2.06 bits per heavy atom. The molecule has 11 heteroatoms. The molecule has 0 aliphatic carbocycles. The van der Waals surface area contributed by atoms with Crippen LogP contribution in [0.3, 0.4) is 0 Å². The van der Waals surface area contributed by atoms with E-state index in [9.17, 15) is 14.7 Å². The van der Waals surface area contributed by atoms with E-state index in [1.165, 1.54) is 6.08 Å². The van der Waals surface area contributed by atoms with Crippen LogP contribution in [-0.4, -0.2) is 70.6 Å². The molecule has 1 aromatic carbocycles. The number of Topliss-reactive ketones (excluding diaryl/α,β-unsaturated/α-hetero) is 1. The Bertz CT molecular complexity index is 1340. The number of aliphatic carboxylic acids is 1. The molecule has 0 unspecified atom stereocenters. The summed E-state index contributed by atoms with van der Waals surface area (Å²) < 4.78 is 11.4. The highest BCUT2D eigenvalue weighted by Crippen LogP contribution is 2.31. The number of fused-ring (bicyclic) bond motifs is 1. The first kappa shape index (κ1) is 26.0. The third kappa shape index (κ3) is 6.07. The first-order chi connectivity index (χ1) is 17.2. The zero-order valence-electron chi connectivity index (χ0n) is 19.9. The first-order valence-corrected chi connectivity index (χ1v) is 10.8. The summed E-state index contributed by atoms with van der Waals surface area (Å²) in [6, 6.07) is 9.00. The molecular formula is C25H26N4O7. The zero-order chi connectivity index (χ0) is 26.2. The summed E-state index contributed by atoms with van der Waals surface area (Å²) >= 11 is 0. The van der Waals surface area contributed by atoms with Gasteiger partial charge in [-0.3, -0.25) is 9.59 Å². The number of benzene rings is 1. The topological polar surface area (TPSA) is 154 Å². The molecule has 11 nitrogen and oxygen atoms in total. The quantitative estimate of drug-likeness (QED) is 0.209. The van der Waals surface area contributed by atoms with Crippen molar-refractivity contribution >= 4 is 41.0 Å². The Labute approximate surface area is 206 Å². The molecule has 0 fully saturated rings. The van der Waals surface area contributed by atoms with Gasteiger partial charge in [0.15, 0.2) is 11.3 Å². The van der Waals surface area contributed by atoms with Crippen molar-refractivity contribution in [3.63, 3.8) is 0 Å². The normalized spacial score (nSPS) is 14.0. The fraction of sp³-hybridized carbons (Fsp3) is 0.200. The van der Waals surface area contributed by atoms with E-state index in [1.54, 1.807) is 30.6 Å². The van der Waals surface area contributed by atoms with Crippen LogP contribution >= 0.6 is 0 Å². The van der Waals surface area contributed by atoms with Gasteiger partial charge < -0.3 is 34.9 Å². The predicted molar refractivity (Wildman–Crippen MR) is 132 cm³/mol. The second-order valence-electron chi connectivity index (χ2n) is 7.95. The largest absolute Gasteiger partial charge is 0.492 e. The highest BCUT2D eigenvalue weighted by Gasteiger charge is 2.36. The Morgan fingerprint density at radius 3 is 2.72 bits per heavy atom. The predicted octanol–water partition coefficient (Wildman–Crippen LogP) is 2.86. The van der Waals surface area contributed by atoms with Gasteiger partial charge in [0, 0.05) is 35.6 Å². The second-order valence-corrected chi connectivity index (χ2v) is 7.95. The van der Waals surface area contributed by atoms with Crippen LogP contribution < -0.4 is 10.1 Å². The summed E-state index contributed by atoms with van der Waals surface area (Å²) in [6.45, 7) is 2.93. The highest BCUT2D eigenvalue weighted by molar-refractivity contribution is 6.26. The maximum Gasteiger partial charge on any atom is 0.345 e. The van der Waals surface area contributed by atoms with Crippen molar-refractivity contribution in [2.75, 3.05) is 32.6 Å². The van der Waals surface area contributed by atoms with E-state index in [0.29, 0.717) is 29.3 Å². The van der Waals surface area contributed by atoms with Crippen molar-refractivity contribution in [2.24, 2.45) is 0 Å². The number of H-pyrrole nitrogens is 1.